The van der Waals surface area contributed by atoms with Gasteiger partial charge in [-0.1, -0.05) is 18.2 Å². The minimum Gasteiger partial charge on any atom is -0.341 e. The number of nitrogens with zero attached hydrogens (tertiary/aromatic N) is 2. The van der Waals surface area contributed by atoms with Gasteiger partial charge in [0.25, 0.3) is 0 Å². The third-order valence-electron chi connectivity index (χ3n) is 2.97. The molecule has 0 bridgehead atoms. The lowest BCUT2D eigenvalue weighted by Gasteiger charge is -2.26. The molecule has 3 heteroatoms. The molecule has 0 radical (unpaired) electrons. The van der Waals surface area contributed by atoms with Crippen molar-refractivity contribution in [1.29, 1.82) is 0 Å². The van der Waals surface area contributed by atoms with E-state index in [2.05, 4.69) is 41.1 Å². The summed E-state index contributed by atoms with van der Waals surface area (Å²) < 4.78 is 0. The minimum atomic E-state index is 0.702. The Balaban J connectivity index is 2.34. The molecule has 94 valence electrons. The van der Waals surface area contributed by atoms with Crippen molar-refractivity contribution < 1.29 is 0 Å². The molecular weight excluding hydrogens is 222 g/mol. The molecule has 18 heavy (non-hydrogen) atoms. The first-order valence-electron chi connectivity index (χ1n) is 6.26. The molecule has 2 aromatic rings. The zero-order valence-corrected chi connectivity index (χ0v) is 10.7. The van der Waals surface area contributed by atoms with Crippen LogP contribution in [0.3, 0.4) is 0 Å². The van der Waals surface area contributed by atoms with Gasteiger partial charge in [0.05, 0.1) is 0 Å². The molecule has 0 aliphatic rings. The number of aromatic nitrogens is 1. The van der Waals surface area contributed by atoms with E-state index < -0.39 is 0 Å². The number of para-hydroxylation sites is 1. The number of nitrogens with two attached hydrogens (primary N) is 1. The van der Waals surface area contributed by atoms with Gasteiger partial charge in [-0.15, -0.1) is 0 Å². The van der Waals surface area contributed by atoms with Gasteiger partial charge in [-0.3, -0.25) is 4.98 Å². The molecule has 0 unspecified atom stereocenters. The molecule has 2 N–H and O–H groups in total. The van der Waals surface area contributed by atoms with Crippen LogP contribution in [-0.4, -0.2) is 18.1 Å². The molecule has 1 heterocycles. The molecule has 0 amide bonds. The molecular formula is C15H19N3. The fourth-order valence-corrected chi connectivity index (χ4v) is 2.03. The van der Waals surface area contributed by atoms with Gasteiger partial charge in [0.15, 0.2) is 0 Å². The number of hydrogen-bond donors (Lipinski definition) is 1. The first-order chi connectivity index (χ1) is 8.83. The van der Waals surface area contributed by atoms with Crippen molar-refractivity contribution in [1.82, 2.24) is 4.98 Å². The van der Waals surface area contributed by atoms with Crippen LogP contribution in [0.15, 0.2) is 48.8 Å². The van der Waals surface area contributed by atoms with Crippen LogP contribution in [0.2, 0.25) is 0 Å². The third kappa shape index (κ3) is 2.87. The van der Waals surface area contributed by atoms with E-state index in [4.69, 9.17) is 5.73 Å². The molecule has 2 rings (SSSR count). The van der Waals surface area contributed by atoms with Crippen molar-refractivity contribution in [3.05, 3.63) is 54.4 Å². The fraction of sp³-hybridized carbons (Fsp3) is 0.267. The highest BCUT2D eigenvalue weighted by Crippen LogP contribution is 2.27. The van der Waals surface area contributed by atoms with Crippen molar-refractivity contribution in [3.63, 3.8) is 0 Å². The quantitative estimate of drug-likeness (QED) is 0.875. The second-order valence-electron chi connectivity index (χ2n) is 4.29. The molecule has 1 aromatic carbocycles. The third-order valence-corrected chi connectivity index (χ3v) is 2.97. The Bertz CT molecular complexity index is 482. The van der Waals surface area contributed by atoms with Gasteiger partial charge in [-0.25, -0.2) is 0 Å². The first kappa shape index (κ1) is 12.6. The summed E-state index contributed by atoms with van der Waals surface area (Å²) in [5.74, 6) is 0. The number of aryl methyl sites for hydroxylation is 1. The molecule has 0 aliphatic carbocycles. The van der Waals surface area contributed by atoms with Crippen molar-refractivity contribution >= 4 is 11.4 Å². The van der Waals surface area contributed by atoms with Gasteiger partial charge < -0.3 is 10.6 Å². The molecule has 0 spiro atoms. The normalized spacial score (nSPS) is 10.3. The first-order valence-corrected chi connectivity index (χ1v) is 6.26. The van der Waals surface area contributed by atoms with E-state index in [9.17, 15) is 0 Å². The summed E-state index contributed by atoms with van der Waals surface area (Å²) in [5.41, 5.74) is 9.30. The average molecular weight is 241 g/mol. The fourth-order valence-electron chi connectivity index (χ4n) is 2.03. The zero-order chi connectivity index (χ0) is 12.8. The molecule has 1 aromatic heterocycles. The van der Waals surface area contributed by atoms with E-state index >= 15 is 0 Å². The predicted molar refractivity (Wildman–Crippen MR) is 76.1 cm³/mol. The Morgan fingerprint density at radius 3 is 2.50 bits per heavy atom. The summed E-state index contributed by atoms with van der Waals surface area (Å²) in [7, 11) is 0. The minimum absolute atomic E-state index is 0.702. The smallest absolute Gasteiger partial charge is 0.0441 e. The number of benzene rings is 1. The second-order valence-corrected chi connectivity index (χ2v) is 4.29. The van der Waals surface area contributed by atoms with Crippen molar-refractivity contribution in [2.75, 3.05) is 18.0 Å². The highest BCUT2D eigenvalue weighted by atomic mass is 15.1. The lowest BCUT2D eigenvalue weighted by Crippen LogP contribution is -2.21. The summed E-state index contributed by atoms with van der Waals surface area (Å²) in [6.07, 6.45) is 4.61. The van der Waals surface area contributed by atoms with Crippen LogP contribution in [0.4, 0.5) is 11.4 Å². The number of rotatable bonds is 5. The Morgan fingerprint density at radius 1 is 1.11 bits per heavy atom. The Labute approximate surface area is 108 Å². The summed E-state index contributed by atoms with van der Waals surface area (Å²) in [6.45, 7) is 3.75. The highest BCUT2D eigenvalue weighted by molar-refractivity contribution is 5.65. The van der Waals surface area contributed by atoms with E-state index in [1.807, 2.05) is 24.5 Å². The predicted octanol–water partition coefficient (Wildman–Crippen LogP) is 2.88. The molecule has 0 saturated heterocycles. The number of pyridine rings is 1. The largest absolute Gasteiger partial charge is 0.341 e. The average Bonchev–Trinajstić information content (AvgIpc) is 2.42. The van der Waals surface area contributed by atoms with Crippen molar-refractivity contribution in [3.8, 4) is 0 Å². The molecule has 3 nitrogen and oxygen atoms in total. The Morgan fingerprint density at radius 2 is 1.83 bits per heavy atom. The van der Waals surface area contributed by atoms with Crippen LogP contribution in [0.1, 0.15) is 12.0 Å². The van der Waals surface area contributed by atoms with Gasteiger partial charge in [0, 0.05) is 30.3 Å². The van der Waals surface area contributed by atoms with Crippen LogP contribution in [-0.2, 0) is 0 Å². The van der Waals surface area contributed by atoms with E-state index in [1.165, 1.54) is 11.3 Å². The molecule has 0 fully saturated rings. The number of anilines is 2. The second kappa shape index (κ2) is 6.17. The van der Waals surface area contributed by atoms with Gasteiger partial charge in [0.1, 0.15) is 0 Å². The van der Waals surface area contributed by atoms with Gasteiger partial charge in [-0.2, -0.15) is 0 Å². The summed E-state index contributed by atoms with van der Waals surface area (Å²) in [6, 6.07) is 12.5. The van der Waals surface area contributed by atoms with Crippen LogP contribution >= 0.6 is 0 Å². The Kier molecular flexibility index (Phi) is 4.31. The van der Waals surface area contributed by atoms with E-state index in [1.54, 1.807) is 0 Å². The molecule has 0 aliphatic heterocycles. The maximum atomic E-state index is 5.63. The van der Waals surface area contributed by atoms with Crippen LogP contribution in [0.25, 0.3) is 0 Å². The maximum Gasteiger partial charge on any atom is 0.0441 e. The lowest BCUT2D eigenvalue weighted by atomic mass is 10.1. The summed E-state index contributed by atoms with van der Waals surface area (Å²) in [4.78, 5) is 6.37. The van der Waals surface area contributed by atoms with Crippen LogP contribution in [0, 0.1) is 6.92 Å². The van der Waals surface area contributed by atoms with Gasteiger partial charge >= 0.3 is 0 Å². The molecule has 0 saturated carbocycles. The zero-order valence-electron chi connectivity index (χ0n) is 10.7. The summed E-state index contributed by atoms with van der Waals surface area (Å²) >= 11 is 0. The SMILES string of the molecule is Cc1ccccc1N(CCCN)c1ccncc1. The van der Waals surface area contributed by atoms with Gasteiger partial charge in [-0.05, 0) is 43.7 Å². The monoisotopic (exact) mass is 241 g/mol. The van der Waals surface area contributed by atoms with Crippen LogP contribution < -0.4 is 10.6 Å². The Hall–Kier alpha value is -1.87. The van der Waals surface area contributed by atoms with Crippen LogP contribution in [0.5, 0.6) is 0 Å². The topological polar surface area (TPSA) is 42.1 Å². The van der Waals surface area contributed by atoms with Crippen molar-refractivity contribution in [2.45, 2.75) is 13.3 Å². The lowest BCUT2D eigenvalue weighted by molar-refractivity contribution is 0.816. The highest BCUT2D eigenvalue weighted by Gasteiger charge is 2.10. The molecule has 0 atom stereocenters. The van der Waals surface area contributed by atoms with E-state index in [0.717, 1.165) is 18.7 Å². The maximum absolute atomic E-state index is 5.63. The van der Waals surface area contributed by atoms with Crippen molar-refractivity contribution in [2.24, 2.45) is 5.73 Å². The number of hydrogen-bond acceptors (Lipinski definition) is 3. The van der Waals surface area contributed by atoms with E-state index in [0.29, 0.717) is 6.54 Å². The van der Waals surface area contributed by atoms with Gasteiger partial charge in [0.2, 0.25) is 0 Å². The summed E-state index contributed by atoms with van der Waals surface area (Å²) in [5, 5.41) is 0. The van der Waals surface area contributed by atoms with E-state index in [-0.39, 0.29) is 0 Å². The standard InChI is InChI=1S/C15H19N3/c1-13-5-2-3-6-15(13)18(12-4-9-16)14-7-10-17-11-8-14/h2-3,5-8,10-11H,4,9,12,16H2,1H3.